The molecule has 5 nitrogen and oxygen atoms in total. The van der Waals surface area contributed by atoms with Crippen molar-refractivity contribution < 1.29 is 14.3 Å². The van der Waals surface area contributed by atoms with Gasteiger partial charge in [0.25, 0.3) is 0 Å². The number of nitrogens with zero attached hydrogens (tertiary/aromatic N) is 1. The highest BCUT2D eigenvalue weighted by atomic mass is 16.5. The minimum Gasteiger partial charge on any atom is -0.496 e. The highest BCUT2D eigenvalue weighted by Crippen LogP contribution is 2.50. The minimum atomic E-state index is -0.201. The van der Waals surface area contributed by atoms with Gasteiger partial charge in [-0.2, -0.15) is 0 Å². The summed E-state index contributed by atoms with van der Waals surface area (Å²) >= 11 is 0. The van der Waals surface area contributed by atoms with E-state index in [4.69, 9.17) is 9.47 Å². The fourth-order valence-corrected chi connectivity index (χ4v) is 5.59. The molecule has 2 saturated heterocycles. The molecule has 5 heteroatoms. The Balaban J connectivity index is 1.49. The van der Waals surface area contributed by atoms with Gasteiger partial charge in [0.1, 0.15) is 5.75 Å². The summed E-state index contributed by atoms with van der Waals surface area (Å²) in [6.45, 7) is 1.70. The number of amides is 1. The summed E-state index contributed by atoms with van der Waals surface area (Å²) in [5.74, 6) is 1.35. The number of ether oxygens (including phenoxy) is 2. The Morgan fingerprint density at radius 1 is 1.20 bits per heavy atom. The average molecular weight is 407 g/mol. The van der Waals surface area contributed by atoms with Gasteiger partial charge in [0.15, 0.2) is 0 Å². The van der Waals surface area contributed by atoms with E-state index in [0.29, 0.717) is 13.0 Å². The Labute approximate surface area is 178 Å². The van der Waals surface area contributed by atoms with Crippen LogP contribution in [0.25, 0.3) is 0 Å². The van der Waals surface area contributed by atoms with Gasteiger partial charge >= 0.3 is 0 Å². The van der Waals surface area contributed by atoms with Gasteiger partial charge in [-0.05, 0) is 55.5 Å². The van der Waals surface area contributed by atoms with Crippen molar-refractivity contribution >= 4 is 11.6 Å². The third-order valence-electron chi connectivity index (χ3n) is 7.16. The van der Waals surface area contributed by atoms with Crippen molar-refractivity contribution in [3.05, 3.63) is 59.2 Å². The van der Waals surface area contributed by atoms with Crippen LogP contribution in [0.3, 0.4) is 0 Å². The molecule has 3 aliphatic heterocycles. The molecule has 0 bridgehead atoms. The van der Waals surface area contributed by atoms with E-state index in [9.17, 15) is 4.79 Å². The van der Waals surface area contributed by atoms with Crippen LogP contribution in [0.2, 0.25) is 0 Å². The summed E-state index contributed by atoms with van der Waals surface area (Å²) in [7, 11) is 3.61. The molecular formula is C25H30N2O3. The lowest BCUT2D eigenvalue weighted by molar-refractivity contribution is -0.118. The molecule has 1 N–H and O–H groups in total. The number of carbonyl (C=O) groups excluding carboxylic acids is 1. The predicted molar refractivity (Wildman–Crippen MR) is 117 cm³/mol. The SMILES string of the molecule is COc1cc2c(cc1C1COC3(CCCNC3c3ccccc3)C1)N(C)C(=O)CC2. The van der Waals surface area contributed by atoms with Crippen molar-refractivity contribution in [2.75, 3.05) is 32.2 Å². The standard InChI is InChI=1S/C25H30N2O3/c1-27-21-14-20(22(29-2)13-18(21)9-10-23(27)28)19-15-25(30-16-19)11-6-12-26-24(25)17-7-4-3-5-8-17/h3-5,7-8,13-14,19,24,26H,6,9-12,15-16H2,1-2H3. The van der Waals surface area contributed by atoms with E-state index in [1.165, 1.54) is 11.1 Å². The van der Waals surface area contributed by atoms with Crippen LogP contribution in [-0.2, 0) is 16.0 Å². The lowest BCUT2D eigenvalue weighted by Crippen LogP contribution is -2.48. The first kappa shape index (κ1) is 19.6. The van der Waals surface area contributed by atoms with Gasteiger partial charge in [-0.1, -0.05) is 30.3 Å². The van der Waals surface area contributed by atoms with Crippen molar-refractivity contribution in [3.63, 3.8) is 0 Å². The molecule has 3 atom stereocenters. The van der Waals surface area contributed by atoms with Crippen molar-refractivity contribution in [2.45, 2.75) is 49.7 Å². The van der Waals surface area contributed by atoms with E-state index in [1.54, 1.807) is 12.0 Å². The third kappa shape index (κ3) is 3.21. The first-order valence-corrected chi connectivity index (χ1v) is 11.0. The monoisotopic (exact) mass is 406 g/mol. The second-order valence-electron chi connectivity index (χ2n) is 8.85. The van der Waals surface area contributed by atoms with Gasteiger partial charge in [-0.3, -0.25) is 4.79 Å². The maximum absolute atomic E-state index is 12.2. The Hall–Kier alpha value is -2.37. The van der Waals surface area contributed by atoms with Crippen LogP contribution in [0.4, 0.5) is 5.69 Å². The Kier molecular flexibility index (Phi) is 5.03. The highest BCUT2D eigenvalue weighted by Gasteiger charge is 2.49. The normalized spacial score (nSPS) is 28.6. The molecule has 2 aromatic rings. The molecule has 2 fully saturated rings. The van der Waals surface area contributed by atoms with E-state index in [1.807, 2.05) is 7.05 Å². The topological polar surface area (TPSA) is 50.8 Å². The van der Waals surface area contributed by atoms with Crippen LogP contribution in [0.1, 0.15) is 54.3 Å². The van der Waals surface area contributed by atoms with Gasteiger partial charge in [-0.15, -0.1) is 0 Å². The van der Waals surface area contributed by atoms with Gasteiger partial charge in [-0.25, -0.2) is 0 Å². The average Bonchev–Trinajstić information content (AvgIpc) is 3.20. The van der Waals surface area contributed by atoms with Gasteiger partial charge in [0, 0.05) is 30.6 Å². The summed E-state index contributed by atoms with van der Waals surface area (Å²) in [5.41, 5.74) is 4.46. The Morgan fingerprint density at radius 3 is 2.83 bits per heavy atom. The lowest BCUT2D eigenvalue weighted by Gasteiger charge is -2.41. The molecule has 5 rings (SSSR count). The molecule has 158 valence electrons. The minimum absolute atomic E-state index is 0.179. The molecule has 0 aliphatic carbocycles. The number of nitrogens with one attached hydrogen (secondary N) is 1. The van der Waals surface area contributed by atoms with Crippen molar-refractivity contribution in [1.82, 2.24) is 5.32 Å². The highest BCUT2D eigenvalue weighted by molar-refractivity contribution is 5.96. The maximum atomic E-state index is 12.2. The maximum Gasteiger partial charge on any atom is 0.227 e. The van der Waals surface area contributed by atoms with Crippen molar-refractivity contribution in [1.29, 1.82) is 0 Å². The van der Waals surface area contributed by atoms with Gasteiger partial charge < -0.3 is 19.7 Å². The number of piperidine rings is 1. The summed E-state index contributed by atoms with van der Waals surface area (Å²) in [5, 5.41) is 3.72. The van der Waals surface area contributed by atoms with E-state index in [2.05, 4.69) is 47.8 Å². The van der Waals surface area contributed by atoms with Gasteiger partial charge in [0.2, 0.25) is 5.91 Å². The van der Waals surface area contributed by atoms with E-state index in [-0.39, 0.29) is 23.5 Å². The van der Waals surface area contributed by atoms with E-state index < -0.39 is 0 Å². The number of hydrogen-bond donors (Lipinski definition) is 1. The molecule has 0 aromatic heterocycles. The fraction of sp³-hybridized carbons (Fsp3) is 0.480. The summed E-state index contributed by atoms with van der Waals surface area (Å²) in [4.78, 5) is 14.0. The van der Waals surface area contributed by atoms with Crippen LogP contribution in [0, 0.1) is 0 Å². The number of carbonyl (C=O) groups is 1. The van der Waals surface area contributed by atoms with Crippen LogP contribution in [-0.4, -0.2) is 38.8 Å². The number of rotatable bonds is 3. The third-order valence-corrected chi connectivity index (χ3v) is 7.16. The Morgan fingerprint density at radius 2 is 2.03 bits per heavy atom. The number of aryl methyl sites for hydroxylation is 1. The van der Waals surface area contributed by atoms with Crippen LogP contribution in [0.5, 0.6) is 5.75 Å². The molecule has 0 radical (unpaired) electrons. The zero-order valence-electron chi connectivity index (χ0n) is 17.8. The fourth-order valence-electron chi connectivity index (χ4n) is 5.59. The molecule has 1 amide bonds. The number of methoxy groups -OCH3 is 1. The second-order valence-corrected chi connectivity index (χ2v) is 8.85. The van der Waals surface area contributed by atoms with Crippen molar-refractivity contribution in [2.24, 2.45) is 0 Å². The molecule has 0 saturated carbocycles. The second kappa shape index (κ2) is 7.71. The molecule has 1 spiro atoms. The van der Waals surface area contributed by atoms with Crippen LogP contribution in [0.15, 0.2) is 42.5 Å². The number of benzene rings is 2. The predicted octanol–water partition coefficient (Wildman–Crippen LogP) is 3.97. The molecule has 3 heterocycles. The number of anilines is 1. The first-order valence-electron chi connectivity index (χ1n) is 11.0. The zero-order valence-corrected chi connectivity index (χ0v) is 17.8. The van der Waals surface area contributed by atoms with Gasteiger partial charge in [0.05, 0.1) is 25.4 Å². The molecule has 3 unspecified atom stereocenters. The smallest absolute Gasteiger partial charge is 0.227 e. The van der Waals surface area contributed by atoms with Crippen LogP contribution >= 0.6 is 0 Å². The largest absolute Gasteiger partial charge is 0.496 e. The number of fused-ring (bicyclic) bond motifs is 1. The molecule has 30 heavy (non-hydrogen) atoms. The summed E-state index contributed by atoms with van der Waals surface area (Å²) in [6.07, 6.45) is 4.47. The summed E-state index contributed by atoms with van der Waals surface area (Å²) < 4.78 is 12.4. The quantitative estimate of drug-likeness (QED) is 0.838. The lowest BCUT2D eigenvalue weighted by atomic mass is 9.76. The molecule has 3 aliphatic rings. The molecule has 2 aromatic carbocycles. The van der Waals surface area contributed by atoms with Crippen molar-refractivity contribution in [3.8, 4) is 5.75 Å². The van der Waals surface area contributed by atoms with E-state index >= 15 is 0 Å². The molecular weight excluding hydrogens is 376 g/mol. The Bertz CT molecular complexity index is 945. The number of hydrogen-bond acceptors (Lipinski definition) is 4. The van der Waals surface area contributed by atoms with E-state index in [0.717, 1.165) is 49.2 Å². The van der Waals surface area contributed by atoms with Crippen LogP contribution < -0.4 is 15.0 Å². The first-order chi connectivity index (χ1) is 14.6. The summed E-state index contributed by atoms with van der Waals surface area (Å²) in [6, 6.07) is 15.2. The zero-order chi connectivity index (χ0) is 20.7.